The van der Waals surface area contributed by atoms with Gasteiger partial charge in [-0.05, 0) is 49.6 Å². The first-order chi connectivity index (χ1) is 17.9. The van der Waals surface area contributed by atoms with Crippen molar-refractivity contribution in [3.8, 4) is 11.3 Å². The van der Waals surface area contributed by atoms with Gasteiger partial charge in [0.2, 0.25) is 0 Å². The van der Waals surface area contributed by atoms with E-state index in [1.165, 1.54) is 32.1 Å². The van der Waals surface area contributed by atoms with Gasteiger partial charge < -0.3 is 10.2 Å². The first-order valence-electron chi connectivity index (χ1n) is 12.9. The zero-order valence-corrected chi connectivity index (χ0v) is 20.8. The lowest BCUT2D eigenvalue weighted by Gasteiger charge is -2.22. The van der Waals surface area contributed by atoms with Crippen LogP contribution in [-0.4, -0.2) is 46.8 Å². The van der Waals surface area contributed by atoms with Crippen LogP contribution in [0.3, 0.4) is 0 Å². The van der Waals surface area contributed by atoms with Crippen molar-refractivity contribution in [2.24, 2.45) is 5.16 Å². The highest BCUT2D eigenvalue weighted by Crippen LogP contribution is 2.24. The van der Waals surface area contributed by atoms with Gasteiger partial charge in [0.1, 0.15) is 18.0 Å². The van der Waals surface area contributed by atoms with Gasteiger partial charge in [0.05, 0.1) is 24.5 Å². The average Bonchev–Trinajstić information content (AvgIpc) is 3.31. The van der Waals surface area contributed by atoms with Crippen molar-refractivity contribution >= 4 is 17.6 Å². The van der Waals surface area contributed by atoms with Gasteiger partial charge in [-0.15, -0.1) is 0 Å². The minimum absolute atomic E-state index is 0.0298. The number of hydrogen-bond acceptors (Lipinski definition) is 5. The molecule has 9 heteroatoms. The van der Waals surface area contributed by atoms with Crippen molar-refractivity contribution in [1.29, 1.82) is 0 Å². The first kappa shape index (κ1) is 26.9. The number of carbonyl (C=O) groups is 1. The number of alkyl halides is 3. The van der Waals surface area contributed by atoms with Gasteiger partial charge >= 0.3 is 6.18 Å². The third kappa shape index (κ3) is 8.42. The Hall–Kier alpha value is -3.20. The number of Topliss-reactive ketones (excluding diaryl/α,β-unsaturated/α-hetero) is 1. The van der Waals surface area contributed by atoms with Gasteiger partial charge in [0, 0.05) is 36.2 Å². The lowest BCUT2D eigenvalue weighted by atomic mass is 9.95. The maximum absolute atomic E-state index is 12.4. The molecule has 1 aliphatic carbocycles. The molecule has 1 aliphatic rings. The molecule has 0 saturated heterocycles. The Morgan fingerprint density at radius 1 is 1.19 bits per heavy atom. The Bertz CT molecular complexity index is 1200. The number of benzene rings is 1. The van der Waals surface area contributed by atoms with Crippen LogP contribution in [0.2, 0.25) is 0 Å². The summed E-state index contributed by atoms with van der Waals surface area (Å²) in [6, 6.07) is 11.7. The number of nitrogens with one attached hydrogen (secondary N) is 1. The van der Waals surface area contributed by atoms with Gasteiger partial charge in [-0.1, -0.05) is 42.6 Å². The predicted octanol–water partition coefficient (Wildman–Crippen LogP) is 6.12. The van der Waals surface area contributed by atoms with Gasteiger partial charge in [-0.2, -0.15) is 13.2 Å². The Kier molecular flexibility index (Phi) is 9.33. The van der Waals surface area contributed by atoms with Gasteiger partial charge in [0.25, 0.3) is 0 Å². The summed E-state index contributed by atoms with van der Waals surface area (Å²) in [6.45, 7) is 1.49. The van der Waals surface area contributed by atoms with E-state index in [1.54, 1.807) is 24.5 Å². The van der Waals surface area contributed by atoms with E-state index in [-0.39, 0.29) is 6.42 Å². The maximum atomic E-state index is 12.4. The van der Waals surface area contributed by atoms with Crippen molar-refractivity contribution in [3.05, 3.63) is 59.9 Å². The number of fused-ring (bicyclic) bond motifs is 1. The number of hydrogen-bond donors (Lipinski definition) is 1. The normalized spacial score (nSPS) is 15.0. The SMILES string of the molecule is O=C(CCC(F)(F)F)Cc1cccc(-c2cnc3cc(C=NOCCCNC4CCCCC4)ccn23)c1. The lowest BCUT2D eigenvalue weighted by molar-refractivity contribution is -0.143. The van der Waals surface area contributed by atoms with E-state index in [4.69, 9.17) is 4.84 Å². The topological polar surface area (TPSA) is 68.0 Å². The van der Waals surface area contributed by atoms with Crippen LogP contribution in [0, 0.1) is 0 Å². The zero-order chi connectivity index (χ0) is 26.1. The van der Waals surface area contributed by atoms with Crippen LogP contribution in [0.4, 0.5) is 13.2 Å². The minimum atomic E-state index is -4.32. The van der Waals surface area contributed by atoms with E-state index in [0.29, 0.717) is 18.2 Å². The molecule has 0 amide bonds. The Morgan fingerprint density at radius 3 is 2.84 bits per heavy atom. The van der Waals surface area contributed by atoms with Crippen molar-refractivity contribution in [3.63, 3.8) is 0 Å². The molecular formula is C28H33F3N4O2. The molecular weight excluding hydrogens is 481 g/mol. The third-order valence-corrected chi connectivity index (χ3v) is 6.58. The number of nitrogens with zero attached hydrogens (tertiary/aromatic N) is 3. The molecule has 0 atom stereocenters. The van der Waals surface area contributed by atoms with E-state index in [0.717, 1.165) is 35.4 Å². The monoisotopic (exact) mass is 514 g/mol. The molecule has 0 radical (unpaired) electrons. The van der Waals surface area contributed by atoms with Gasteiger partial charge in [0.15, 0.2) is 0 Å². The Morgan fingerprint density at radius 2 is 2.03 bits per heavy atom. The second-order valence-electron chi connectivity index (χ2n) is 9.57. The summed E-state index contributed by atoms with van der Waals surface area (Å²) < 4.78 is 39.1. The number of rotatable bonds is 12. The molecule has 6 nitrogen and oxygen atoms in total. The minimum Gasteiger partial charge on any atom is -0.396 e. The highest BCUT2D eigenvalue weighted by Gasteiger charge is 2.27. The number of aromatic nitrogens is 2. The molecule has 1 saturated carbocycles. The van der Waals surface area contributed by atoms with Gasteiger partial charge in [-0.3, -0.25) is 9.20 Å². The molecule has 37 heavy (non-hydrogen) atoms. The number of pyridine rings is 1. The quantitative estimate of drug-likeness (QED) is 0.180. The summed E-state index contributed by atoms with van der Waals surface area (Å²) in [5, 5.41) is 7.66. The molecule has 2 aromatic heterocycles. The molecule has 3 aromatic rings. The second kappa shape index (κ2) is 12.9. The van der Waals surface area contributed by atoms with E-state index in [2.05, 4.69) is 15.5 Å². The summed E-state index contributed by atoms with van der Waals surface area (Å²) in [5.74, 6) is -0.431. The number of carbonyl (C=O) groups excluding carboxylic acids is 1. The van der Waals surface area contributed by atoms with Crippen molar-refractivity contribution in [2.75, 3.05) is 13.2 Å². The summed E-state index contributed by atoms with van der Waals surface area (Å²) in [5.41, 5.74) is 3.91. The first-order valence-corrected chi connectivity index (χ1v) is 12.9. The maximum Gasteiger partial charge on any atom is 0.389 e. The molecule has 198 valence electrons. The summed E-state index contributed by atoms with van der Waals surface area (Å²) >= 11 is 0. The molecule has 0 unspecified atom stereocenters. The van der Waals surface area contributed by atoms with E-state index >= 15 is 0 Å². The lowest BCUT2D eigenvalue weighted by Crippen LogP contribution is -2.32. The zero-order valence-electron chi connectivity index (χ0n) is 20.8. The van der Waals surface area contributed by atoms with Gasteiger partial charge in [-0.25, -0.2) is 4.98 Å². The summed E-state index contributed by atoms with van der Waals surface area (Å²) in [6.07, 6.45) is 6.78. The molecule has 1 fully saturated rings. The Labute approximate surface area is 214 Å². The highest BCUT2D eigenvalue weighted by molar-refractivity contribution is 5.82. The number of ketones is 1. The van der Waals surface area contributed by atoms with E-state index < -0.39 is 24.8 Å². The molecule has 0 aliphatic heterocycles. The van der Waals surface area contributed by atoms with Crippen LogP contribution in [0.25, 0.3) is 16.9 Å². The number of oxime groups is 1. The molecule has 1 N–H and O–H groups in total. The second-order valence-corrected chi connectivity index (χ2v) is 9.57. The number of imidazole rings is 1. The average molecular weight is 515 g/mol. The van der Waals surface area contributed by atoms with Crippen LogP contribution in [-0.2, 0) is 16.1 Å². The van der Waals surface area contributed by atoms with Crippen molar-refractivity contribution in [2.45, 2.75) is 70.0 Å². The Balaban J connectivity index is 1.29. The fourth-order valence-corrected chi connectivity index (χ4v) is 4.63. The standard InChI is InChI=1S/C28H33F3N4O2/c29-28(30,31)12-10-25(36)17-21-6-4-7-23(16-21)26-20-33-27-18-22(11-14-35(26)27)19-34-37-15-5-13-32-24-8-2-1-3-9-24/h4,6-7,11,14,16,18-20,24,32H,1-3,5,8-10,12-13,15,17H2. The molecule has 2 heterocycles. The van der Waals surface area contributed by atoms with Crippen molar-refractivity contribution in [1.82, 2.24) is 14.7 Å². The third-order valence-electron chi connectivity index (χ3n) is 6.58. The van der Waals surface area contributed by atoms with Crippen LogP contribution in [0.15, 0.2) is 53.9 Å². The number of halogens is 3. The molecule has 1 aromatic carbocycles. The summed E-state index contributed by atoms with van der Waals surface area (Å²) in [4.78, 5) is 21.9. The van der Waals surface area contributed by atoms with Crippen molar-refractivity contribution < 1.29 is 22.8 Å². The van der Waals surface area contributed by atoms with Crippen LogP contribution < -0.4 is 5.32 Å². The molecule has 0 spiro atoms. The van der Waals surface area contributed by atoms with Crippen LogP contribution in [0.1, 0.15) is 62.5 Å². The van der Waals surface area contributed by atoms with E-state index in [9.17, 15) is 18.0 Å². The van der Waals surface area contributed by atoms with Crippen LogP contribution in [0.5, 0.6) is 0 Å². The smallest absolute Gasteiger partial charge is 0.389 e. The fourth-order valence-electron chi connectivity index (χ4n) is 4.63. The highest BCUT2D eigenvalue weighted by atomic mass is 19.4. The molecule has 0 bridgehead atoms. The van der Waals surface area contributed by atoms with Crippen LogP contribution >= 0.6 is 0 Å². The summed E-state index contributed by atoms with van der Waals surface area (Å²) in [7, 11) is 0. The predicted molar refractivity (Wildman–Crippen MR) is 138 cm³/mol. The fraction of sp³-hybridized carbons (Fsp3) is 0.464. The van der Waals surface area contributed by atoms with E-state index in [1.807, 2.05) is 34.9 Å². The molecule has 4 rings (SSSR count). The largest absolute Gasteiger partial charge is 0.396 e.